The highest BCUT2D eigenvalue weighted by Gasteiger charge is 2.30. The van der Waals surface area contributed by atoms with Crippen molar-refractivity contribution in [1.29, 1.82) is 0 Å². The lowest BCUT2D eigenvalue weighted by molar-refractivity contribution is -0.116. The number of carbonyl (C=O) groups is 1. The van der Waals surface area contributed by atoms with Crippen LogP contribution in [0.4, 0.5) is 5.69 Å². The molecular weight excluding hydrogens is 338 g/mol. The summed E-state index contributed by atoms with van der Waals surface area (Å²) < 4.78 is 26.7. The first-order valence-electron chi connectivity index (χ1n) is 8.51. The third kappa shape index (κ3) is 3.92. The highest BCUT2D eigenvalue weighted by molar-refractivity contribution is 7.92. The Hall–Kier alpha value is -2.15. The number of amides is 1. The van der Waals surface area contributed by atoms with Crippen LogP contribution in [0.25, 0.3) is 0 Å². The number of anilines is 1. The van der Waals surface area contributed by atoms with E-state index in [9.17, 15) is 13.2 Å². The first-order valence-corrected chi connectivity index (χ1v) is 10.1. The Morgan fingerprint density at radius 2 is 1.84 bits per heavy atom. The van der Waals surface area contributed by atoms with E-state index in [1.165, 1.54) is 0 Å². The molecule has 25 heavy (non-hydrogen) atoms. The third-order valence-electron chi connectivity index (χ3n) is 4.60. The van der Waals surface area contributed by atoms with Gasteiger partial charge in [-0.1, -0.05) is 12.8 Å². The number of sulfone groups is 1. The van der Waals surface area contributed by atoms with Crippen LogP contribution in [0.3, 0.4) is 0 Å². The van der Waals surface area contributed by atoms with E-state index >= 15 is 0 Å². The minimum absolute atomic E-state index is 0.127. The first kappa shape index (κ1) is 17.7. The van der Waals surface area contributed by atoms with Gasteiger partial charge in [-0.15, -0.1) is 0 Å². The van der Waals surface area contributed by atoms with Gasteiger partial charge in [0.2, 0.25) is 5.91 Å². The second kappa shape index (κ2) is 7.00. The molecule has 1 aliphatic rings. The Kier molecular flexibility index (Phi) is 4.94. The van der Waals surface area contributed by atoms with Crippen LogP contribution >= 0.6 is 0 Å². The number of carbonyl (C=O) groups excluding carboxylic acids is 1. The van der Waals surface area contributed by atoms with Crippen molar-refractivity contribution in [3.05, 3.63) is 41.7 Å². The number of aryl methyl sites for hydroxylation is 2. The van der Waals surface area contributed by atoms with Crippen molar-refractivity contribution in [2.24, 2.45) is 0 Å². The van der Waals surface area contributed by atoms with E-state index in [4.69, 9.17) is 0 Å². The van der Waals surface area contributed by atoms with Gasteiger partial charge in [0.15, 0.2) is 9.84 Å². The predicted molar refractivity (Wildman–Crippen MR) is 96.2 cm³/mol. The van der Waals surface area contributed by atoms with Crippen molar-refractivity contribution in [3.63, 3.8) is 0 Å². The highest BCUT2D eigenvalue weighted by Crippen LogP contribution is 2.30. The van der Waals surface area contributed by atoms with Gasteiger partial charge in [-0.3, -0.25) is 9.48 Å². The largest absolute Gasteiger partial charge is 0.324 e. The number of hydrogen-bond acceptors (Lipinski definition) is 4. The Bertz CT molecular complexity index is 863. The van der Waals surface area contributed by atoms with Crippen molar-refractivity contribution < 1.29 is 13.2 Å². The topological polar surface area (TPSA) is 81.1 Å². The predicted octanol–water partition coefficient (Wildman–Crippen LogP) is 2.85. The van der Waals surface area contributed by atoms with Crippen LogP contribution in [-0.2, 0) is 21.2 Å². The molecule has 0 radical (unpaired) electrons. The number of nitrogens with zero attached hydrogens (tertiary/aromatic N) is 2. The molecule has 3 rings (SSSR count). The normalized spacial score (nSPS) is 15.4. The fraction of sp³-hybridized carbons (Fsp3) is 0.444. The van der Waals surface area contributed by atoms with E-state index in [1.54, 1.807) is 28.9 Å². The maximum atomic E-state index is 12.5. The van der Waals surface area contributed by atoms with Crippen LogP contribution in [0.2, 0.25) is 0 Å². The summed E-state index contributed by atoms with van der Waals surface area (Å²) in [6.07, 6.45) is 3.43. The summed E-state index contributed by atoms with van der Waals surface area (Å²) in [5, 5.41) is 6.77. The Morgan fingerprint density at radius 1 is 1.20 bits per heavy atom. The van der Waals surface area contributed by atoms with E-state index in [2.05, 4.69) is 10.4 Å². The zero-order chi connectivity index (χ0) is 18.0. The van der Waals surface area contributed by atoms with Gasteiger partial charge in [0.25, 0.3) is 0 Å². The van der Waals surface area contributed by atoms with Gasteiger partial charge >= 0.3 is 0 Å². The number of benzene rings is 1. The van der Waals surface area contributed by atoms with Gasteiger partial charge in [-0.05, 0) is 57.0 Å². The van der Waals surface area contributed by atoms with Crippen LogP contribution in [0, 0.1) is 13.8 Å². The van der Waals surface area contributed by atoms with Crippen LogP contribution < -0.4 is 5.32 Å². The van der Waals surface area contributed by atoms with Crippen LogP contribution in [0.15, 0.2) is 35.2 Å². The summed E-state index contributed by atoms with van der Waals surface area (Å²) in [6, 6.07) is 8.34. The van der Waals surface area contributed by atoms with E-state index in [-0.39, 0.29) is 17.7 Å². The third-order valence-corrected chi connectivity index (χ3v) is 6.88. The molecule has 1 amide bonds. The van der Waals surface area contributed by atoms with Gasteiger partial charge < -0.3 is 5.32 Å². The van der Waals surface area contributed by atoms with Crippen molar-refractivity contribution in [3.8, 4) is 0 Å². The molecule has 1 N–H and O–H groups in total. The van der Waals surface area contributed by atoms with E-state index in [0.717, 1.165) is 37.1 Å². The van der Waals surface area contributed by atoms with Gasteiger partial charge in [0, 0.05) is 11.4 Å². The zero-order valence-corrected chi connectivity index (χ0v) is 15.3. The fourth-order valence-corrected chi connectivity index (χ4v) is 5.14. The van der Waals surface area contributed by atoms with Crippen molar-refractivity contribution in [2.75, 3.05) is 5.32 Å². The summed E-state index contributed by atoms with van der Waals surface area (Å²) in [5.74, 6) is -0.197. The maximum Gasteiger partial charge on any atom is 0.246 e. The Labute approximate surface area is 148 Å². The molecule has 1 aromatic heterocycles. The Morgan fingerprint density at radius 3 is 2.40 bits per heavy atom. The minimum Gasteiger partial charge on any atom is -0.324 e. The molecule has 1 aromatic carbocycles. The molecule has 0 aliphatic heterocycles. The molecule has 1 heterocycles. The maximum absolute atomic E-state index is 12.5. The summed E-state index contributed by atoms with van der Waals surface area (Å²) in [5.41, 5.74) is 2.37. The average Bonchev–Trinajstić information content (AvgIpc) is 3.19. The second-order valence-electron chi connectivity index (χ2n) is 6.61. The van der Waals surface area contributed by atoms with Crippen LogP contribution in [0.5, 0.6) is 0 Å². The van der Waals surface area contributed by atoms with Crippen molar-refractivity contribution >= 4 is 21.4 Å². The molecule has 1 fully saturated rings. The number of hydrogen-bond donors (Lipinski definition) is 1. The van der Waals surface area contributed by atoms with Gasteiger partial charge in [0.1, 0.15) is 6.54 Å². The summed E-state index contributed by atoms with van der Waals surface area (Å²) in [7, 11) is -3.26. The zero-order valence-electron chi connectivity index (χ0n) is 14.5. The number of rotatable bonds is 5. The molecule has 0 bridgehead atoms. The summed E-state index contributed by atoms with van der Waals surface area (Å²) >= 11 is 0. The minimum atomic E-state index is -3.26. The number of nitrogens with one attached hydrogen (secondary N) is 1. The molecule has 0 saturated heterocycles. The molecule has 2 aromatic rings. The fourth-order valence-electron chi connectivity index (χ4n) is 3.29. The number of aromatic nitrogens is 2. The van der Waals surface area contributed by atoms with Crippen molar-refractivity contribution in [1.82, 2.24) is 9.78 Å². The van der Waals surface area contributed by atoms with Crippen LogP contribution in [-0.4, -0.2) is 29.4 Å². The van der Waals surface area contributed by atoms with Gasteiger partial charge in [-0.25, -0.2) is 8.42 Å². The molecule has 1 saturated carbocycles. The lowest BCUT2D eigenvalue weighted by atomic mass is 10.3. The molecule has 1 aliphatic carbocycles. The quantitative estimate of drug-likeness (QED) is 0.888. The second-order valence-corrected chi connectivity index (χ2v) is 8.84. The van der Waals surface area contributed by atoms with Crippen molar-refractivity contribution in [2.45, 2.75) is 56.2 Å². The Balaban J connectivity index is 1.66. The van der Waals surface area contributed by atoms with Gasteiger partial charge in [-0.2, -0.15) is 5.10 Å². The van der Waals surface area contributed by atoms with Gasteiger partial charge in [0.05, 0.1) is 15.8 Å². The molecule has 7 heteroatoms. The summed E-state index contributed by atoms with van der Waals surface area (Å²) in [4.78, 5) is 12.5. The highest BCUT2D eigenvalue weighted by atomic mass is 32.2. The van der Waals surface area contributed by atoms with Crippen LogP contribution in [0.1, 0.15) is 37.1 Å². The van der Waals surface area contributed by atoms with E-state index in [0.29, 0.717) is 10.6 Å². The SMILES string of the molecule is Cc1cc(C)n(CC(=O)Nc2ccc(S(=O)(=O)C3CCCC3)cc2)n1. The molecule has 134 valence electrons. The molecule has 0 atom stereocenters. The molecule has 0 spiro atoms. The van der Waals surface area contributed by atoms with E-state index in [1.807, 2.05) is 19.9 Å². The summed E-state index contributed by atoms with van der Waals surface area (Å²) in [6.45, 7) is 3.91. The lowest BCUT2D eigenvalue weighted by Gasteiger charge is -2.12. The first-order chi connectivity index (χ1) is 11.9. The smallest absolute Gasteiger partial charge is 0.246 e. The molecular formula is C18H23N3O3S. The standard InChI is InChI=1S/C18H23N3O3S/c1-13-11-14(2)21(20-13)12-18(22)19-15-7-9-17(10-8-15)25(23,24)16-5-3-4-6-16/h7-11,16H,3-6,12H2,1-2H3,(H,19,22). The average molecular weight is 361 g/mol. The molecule has 0 unspecified atom stereocenters. The van der Waals surface area contributed by atoms with E-state index < -0.39 is 9.84 Å². The molecule has 6 nitrogen and oxygen atoms in total. The lowest BCUT2D eigenvalue weighted by Crippen LogP contribution is -2.20. The monoisotopic (exact) mass is 361 g/mol.